The summed E-state index contributed by atoms with van der Waals surface area (Å²) in [5.74, 6) is 0.762. The zero-order chi connectivity index (χ0) is 21.5. The maximum Gasteiger partial charge on any atom is 0.255 e. The highest BCUT2D eigenvalue weighted by Crippen LogP contribution is 2.27. The van der Waals surface area contributed by atoms with Gasteiger partial charge in [-0.25, -0.2) is 4.98 Å². The van der Waals surface area contributed by atoms with Crippen molar-refractivity contribution in [2.75, 3.05) is 5.73 Å². The molecule has 3 rings (SSSR count). The number of nitrogen functional groups attached to an aromatic ring is 1. The van der Waals surface area contributed by atoms with E-state index in [1.54, 1.807) is 0 Å². The van der Waals surface area contributed by atoms with Crippen molar-refractivity contribution in [3.05, 3.63) is 83.3 Å². The Bertz CT molecular complexity index is 1010. The monoisotopic (exact) mass is 407 g/mol. The molecule has 30 heavy (non-hydrogen) atoms. The van der Waals surface area contributed by atoms with Gasteiger partial charge >= 0.3 is 0 Å². The third-order valence-electron chi connectivity index (χ3n) is 4.90. The normalized spacial score (nSPS) is 11.7. The van der Waals surface area contributed by atoms with E-state index in [1.807, 2.05) is 36.4 Å². The predicted molar refractivity (Wildman–Crippen MR) is 116 cm³/mol. The summed E-state index contributed by atoms with van der Waals surface area (Å²) in [6, 6.07) is 18.1. The molecule has 1 aromatic heterocycles. The third kappa shape index (κ3) is 5.56. The molecule has 1 amide bonds. The van der Waals surface area contributed by atoms with E-state index in [0.717, 1.165) is 36.0 Å². The number of carbonyl (C=O) groups is 1. The first kappa shape index (κ1) is 21.3. The molecule has 0 aliphatic carbocycles. The van der Waals surface area contributed by atoms with Crippen molar-refractivity contribution < 1.29 is 13.9 Å². The number of anilines is 1. The second-order valence-corrected chi connectivity index (χ2v) is 7.26. The van der Waals surface area contributed by atoms with Crippen LogP contribution in [0.4, 0.5) is 10.2 Å². The van der Waals surface area contributed by atoms with E-state index in [2.05, 4.69) is 36.3 Å². The number of nitrogens with two attached hydrogens (primary N) is 1. The lowest BCUT2D eigenvalue weighted by atomic mass is 9.96. The van der Waals surface area contributed by atoms with Crippen LogP contribution in [0.5, 0.6) is 11.5 Å². The van der Waals surface area contributed by atoms with Gasteiger partial charge in [-0.3, -0.25) is 4.79 Å². The Balaban J connectivity index is 1.59. The summed E-state index contributed by atoms with van der Waals surface area (Å²) in [7, 11) is 0. The zero-order valence-corrected chi connectivity index (χ0v) is 17.2. The molecule has 1 unspecified atom stereocenters. The highest BCUT2D eigenvalue weighted by atomic mass is 19.1. The maximum absolute atomic E-state index is 13.0. The van der Waals surface area contributed by atoms with Gasteiger partial charge in [-0.05, 0) is 59.9 Å². The number of hydrogen-bond donors (Lipinski definition) is 2. The fourth-order valence-electron chi connectivity index (χ4n) is 3.22. The first-order valence-electron chi connectivity index (χ1n) is 10.0. The van der Waals surface area contributed by atoms with Crippen molar-refractivity contribution in [1.82, 2.24) is 10.3 Å². The molecule has 0 saturated heterocycles. The van der Waals surface area contributed by atoms with E-state index >= 15 is 0 Å². The van der Waals surface area contributed by atoms with Gasteiger partial charge in [0.2, 0.25) is 5.95 Å². The Morgan fingerprint density at radius 1 is 1.13 bits per heavy atom. The van der Waals surface area contributed by atoms with Crippen LogP contribution in [0.25, 0.3) is 0 Å². The topological polar surface area (TPSA) is 77.2 Å². The lowest BCUT2D eigenvalue weighted by Gasteiger charge is -2.13. The van der Waals surface area contributed by atoms with E-state index in [-0.39, 0.29) is 11.4 Å². The fourth-order valence-corrected chi connectivity index (χ4v) is 3.22. The molecule has 0 radical (unpaired) electrons. The number of pyridine rings is 1. The van der Waals surface area contributed by atoms with Crippen LogP contribution in [-0.2, 0) is 6.54 Å². The minimum Gasteiger partial charge on any atom is -0.457 e. The largest absolute Gasteiger partial charge is 0.457 e. The Hall–Kier alpha value is -3.41. The Labute approximate surface area is 176 Å². The van der Waals surface area contributed by atoms with Gasteiger partial charge in [-0.1, -0.05) is 44.5 Å². The standard InChI is InChI=1S/C24H26FN3O2/c1-3-5-16(2)18-6-4-7-20(14-18)30-19-10-8-17(9-11-19)15-27-24(29)21-12-13-22(25)28-23(21)26/h4,6-14,16H,3,5,15H2,1-2H3,(H2,26,28)(H,27,29). The molecular formula is C24H26FN3O2. The molecule has 0 bridgehead atoms. The molecule has 0 fully saturated rings. The first-order valence-corrected chi connectivity index (χ1v) is 10.0. The highest BCUT2D eigenvalue weighted by Gasteiger charge is 2.11. The van der Waals surface area contributed by atoms with Gasteiger partial charge in [0, 0.05) is 6.54 Å². The minimum absolute atomic E-state index is 0.133. The van der Waals surface area contributed by atoms with Crippen molar-refractivity contribution in [3.8, 4) is 11.5 Å². The van der Waals surface area contributed by atoms with Crippen LogP contribution < -0.4 is 15.8 Å². The smallest absolute Gasteiger partial charge is 0.255 e. The molecule has 0 aliphatic rings. The van der Waals surface area contributed by atoms with Gasteiger partial charge in [0.05, 0.1) is 5.56 Å². The second kappa shape index (κ2) is 9.87. The van der Waals surface area contributed by atoms with Crippen molar-refractivity contribution in [3.63, 3.8) is 0 Å². The van der Waals surface area contributed by atoms with Gasteiger partial charge in [0.1, 0.15) is 17.3 Å². The van der Waals surface area contributed by atoms with E-state index in [9.17, 15) is 9.18 Å². The number of hydrogen-bond acceptors (Lipinski definition) is 4. The zero-order valence-electron chi connectivity index (χ0n) is 17.2. The van der Waals surface area contributed by atoms with Crippen LogP contribution >= 0.6 is 0 Å². The number of ether oxygens (including phenoxy) is 1. The molecular weight excluding hydrogens is 381 g/mol. The lowest BCUT2D eigenvalue weighted by Crippen LogP contribution is -2.24. The summed E-state index contributed by atoms with van der Waals surface area (Å²) in [5.41, 5.74) is 7.91. The van der Waals surface area contributed by atoms with E-state index in [1.165, 1.54) is 11.6 Å². The average molecular weight is 407 g/mol. The molecule has 156 valence electrons. The number of rotatable bonds is 8. The van der Waals surface area contributed by atoms with E-state index in [4.69, 9.17) is 10.5 Å². The highest BCUT2D eigenvalue weighted by molar-refractivity contribution is 5.98. The minimum atomic E-state index is -0.718. The molecule has 1 heterocycles. The summed E-state index contributed by atoms with van der Waals surface area (Å²) >= 11 is 0. The fraction of sp³-hybridized carbons (Fsp3) is 0.250. The molecule has 3 aromatic rings. The predicted octanol–water partition coefficient (Wildman–Crippen LogP) is 5.43. The molecule has 5 nitrogen and oxygen atoms in total. The molecule has 6 heteroatoms. The summed E-state index contributed by atoms with van der Waals surface area (Å²) in [4.78, 5) is 15.7. The quantitative estimate of drug-likeness (QED) is 0.488. The van der Waals surface area contributed by atoms with Crippen LogP contribution in [0.2, 0.25) is 0 Å². The van der Waals surface area contributed by atoms with Crippen molar-refractivity contribution >= 4 is 11.7 Å². The molecule has 0 aliphatic heterocycles. The third-order valence-corrected chi connectivity index (χ3v) is 4.90. The van der Waals surface area contributed by atoms with Crippen molar-refractivity contribution in [2.24, 2.45) is 0 Å². The summed E-state index contributed by atoms with van der Waals surface area (Å²) in [6.45, 7) is 4.72. The summed E-state index contributed by atoms with van der Waals surface area (Å²) < 4.78 is 19.0. The first-order chi connectivity index (χ1) is 14.5. The Kier molecular flexibility index (Phi) is 7.01. The molecule has 1 atom stereocenters. The van der Waals surface area contributed by atoms with Gasteiger partial charge in [0.15, 0.2) is 0 Å². The number of halogens is 1. The number of nitrogens with one attached hydrogen (secondary N) is 1. The van der Waals surface area contributed by atoms with Gasteiger partial charge < -0.3 is 15.8 Å². The van der Waals surface area contributed by atoms with Crippen molar-refractivity contribution in [2.45, 2.75) is 39.2 Å². The van der Waals surface area contributed by atoms with E-state index in [0.29, 0.717) is 12.5 Å². The molecule has 2 aromatic carbocycles. The van der Waals surface area contributed by atoms with Crippen LogP contribution in [0, 0.1) is 5.95 Å². The lowest BCUT2D eigenvalue weighted by molar-refractivity contribution is 0.0951. The second-order valence-electron chi connectivity index (χ2n) is 7.26. The maximum atomic E-state index is 13.0. The Morgan fingerprint density at radius 3 is 2.60 bits per heavy atom. The number of nitrogens with zero attached hydrogens (tertiary/aromatic N) is 1. The SMILES string of the molecule is CCCC(C)c1cccc(Oc2ccc(CNC(=O)c3ccc(F)nc3N)cc2)c1. The van der Waals surface area contributed by atoms with Gasteiger partial charge in [-0.2, -0.15) is 4.39 Å². The molecule has 0 saturated carbocycles. The summed E-state index contributed by atoms with van der Waals surface area (Å²) in [5, 5.41) is 2.75. The molecule has 0 spiro atoms. The van der Waals surface area contributed by atoms with Crippen LogP contribution in [-0.4, -0.2) is 10.9 Å². The number of carbonyl (C=O) groups excluding carboxylic acids is 1. The molecule has 3 N–H and O–H groups in total. The summed E-state index contributed by atoms with van der Waals surface area (Å²) in [6.07, 6.45) is 2.29. The Morgan fingerprint density at radius 2 is 1.90 bits per heavy atom. The number of benzene rings is 2. The van der Waals surface area contributed by atoms with E-state index < -0.39 is 11.9 Å². The number of aromatic nitrogens is 1. The van der Waals surface area contributed by atoms with Crippen LogP contribution in [0.1, 0.15) is 54.1 Å². The van der Waals surface area contributed by atoms with Crippen molar-refractivity contribution in [1.29, 1.82) is 0 Å². The number of amides is 1. The van der Waals surface area contributed by atoms with Crippen LogP contribution in [0.15, 0.2) is 60.7 Å². The van der Waals surface area contributed by atoms with Gasteiger partial charge in [-0.15, -0.1) is 0 Å². The average Bonchev–Trinajstić information content (AvgIpc) is 2.73. The van der Waals surface area contributed by atoms with Crippen LogP contribution in [0.3, 0.4) is 0 Å². The van der Waals surface area contributed by atoms with Gasteiger partial charge in [0.25, 0.3) is 5.91 Å².